The van der Waals surface area contributed by atoms with Gasteiger partial charge in [-0.1, -0.05) is 12.4 Å². The number of sulfonamides is 1. The van der Waals surface area contributed by atoms with Crippen LogP contribution in [-0.4, -0.2) is 64.8 Å². The molecule has 1 saturated heterocycles. The second-order valence-electron chi connectivity index (χ2n) is 7.00. The molecule has 1 aromatic heterocycles. The molecular weight excluding hydrogens is 403 g/mol. The summed E-state index contributed by atoms with van der Waals surface area (Å²) in [6, 6.07) is 6.04. The number of carboxylic acids is 1. The third-order valence-electron chi connectivity index (χ3n) is 4.89. The number of pyridine rings is 1. The van der Waals surface area contributed by atoms with Gasteiger partial charge in [-0.25, -0.2) is 13.2 Å². The van der Waals surface area contributed by atoms with Gasteiger partial charge in [-0.3, -0.25) is 4.98 Å². The molecular formula is C17H18BN2O8S-. The third kappa shape index (κ3) is 3.67. The zero-order chi connectivity index (χ0) is 20.8. The number of aromatic carboxylic acids is 1. The predicted molar refractivity (Wildman–Crippen MR) is 100 cm³/mol. The van der Waals surface area contributed by atoms with Gasteiger partial charge in [-0.05, 0) is 30.2 Å². The zero-order valence-corrected chi connectivity index (χ0v) is 15.9. The topological polar surface area (TPSA) is 146 Å². The van der Waals surface area contributed by atoms with E-state index in [1.165, 1.54) is 34.9 Å². The van der Waals surface area contributed by atoms with Gasteiger partial charge in [-0.15, -0.1) is 0 Å². The fraction of sp³-hybridized carbons (Fsp3) is 0.294. The molecule has 10 nitrogen and oxygen atoms in total. The summed E-state index contributed by atoms with van der Waals surface area (Å²) in [5, 5.41) is 29.1. The molecule has 3 heterocycles. The quantitative estimate of drug-likeness (QED) is 0.572. The Kier molecular flexibility index (Phi) is 4.73. The summed E-state index contributed by atoms with van der Waals surface area (Å²) in [7, 11) is -3.70. The molecule has 0 aliphatic carbocycles. The largest absolute Gasteiger partial charge is 0.669 e. The number of aromatic nitrogens is 1. The van der Waals surface area contributed by atoms with Crippen LogP contribution in [0, 0.1) is 0 Å². The van der Waals surface area contributed by atoms with Gasteiger partial charge in [0.15, 0.2) is 0 Å². The minimum atomic E-state index is -3.70. The molecule has 1 aromatic carbocycles. The van der Waals surface area contributed by atoms with Crippen LogP contribution < -0.4 is 9.39 Å². The van der Waals surface area contributed by atoms with Crippen LogP contribution in [0.2, 0.25) is 6.32 Å². The van der Waals surface area contributed by atoms with Gasteiger partial charge < -0.3 is 24.5 Å². The number of carboxylic acid groups (broad SMARTS) is 1. The van der Waals surface area contributed by atoms with Gasteiger partial charge in [0.05, 0.1) is 18.8 Å². The Morgan fingerprint density at radius 1 is 1.28 bits per heavy atom. The first-order valence-electron chi connectivity index (χ1n) is 8.93. The van der Waals surface area contributed by atoms with Gasteiger partial charge in [0.1, 0.15) is 22.3 Å². The van der Waals surface area contributed by atoms with E-state index < -0.39 is 28.9 Å². The first kappa shape index (κ1) is 19.6. The van der Waals surface area contributed by atoms with E-state index in [9.17, 15) is 28.4 Å². The smallest absolute Gasteiger partial charge is 0.430 e. The van der Waals surface area contributed by atoms with Gasteiger partial charge in [-0.2, -0.15) is 4.31 Å². The van der Waals surface area contributed by atoms with Gasteiger partial charge >= 0.3 is 12.7 Å². The van der Waals surface area contributed by atoms with Crippen LogP contribution in [0.5, 0.6) is 11.5 Å². The number of hydrogen-bond donors (Lipinski definition) is 3. The number of fused-ring (bicyclic) bond motifs is 1. The monoisotopic (exact) mass is 421 g/mol. The molecule has 0 bridgehead atoms. The van der Waals surface area contributed by atoms with Crippen LogP contribution in [0.25, 0.3) is 0 Å². The number of nitrogens with zero attached hydrogens (tertiary/aromatic N) is 2. The molecule has 2 aliphatic rings. The van der Waals surface area contributed by atoms with Crippen LogP contribution in [0.15, 0.2) is 41.6 Å². The molecule has 154 valence electrons. The maximum atomic E-state index is 12.5. The number of ether oxygens (including phenoxy) is 1. The van der Waals surface area contributed by atoms with E-state index in [0.717, 1.165) is 0 Å². The average molecular weight is 421 g/mol. The highest BCUT2D eigenvalue weighted by Crippen LogP contribution is 2.39. The van der Waals surface area contributed by atoms with Crippen LogP contribution in [-0.2, 0) is 16.4 Å². The molecule has 0 atom stereocenters. The molecule has 1 fully saturated rings. The summed E-state index contributed by atoms with van der Waals surface area (Å²) in [5.41, 5.74) is 0.217. The number of benzene rings is 1. The first-order valence-corrected chi connectivity index (χ1v) is 10.4. The van der Waals surface area contributed by atoms with E-state index in [4.69, 9.17) is 9.39 Å². The van der Waals surface area contributed by atoms with E-state index in [0.29, 0.717) is 5.56 Å². The lowest BCUT2D eigenvalue weighted by atomic mass is 9.70. The van der Waals surface area contributed by atoms with Crippen LogP contribution in [0.1, 0.15) is 15.9 Å². The summed E-state index contributed by atoms with van der Waals surface area (Å²) >= 11 is 0. The van der Waals surface area contributed by atoms with Crippen molar-refractivity contribution in [1.82, 2.24) is 9.29 Å². The molecule has 0 radical (unpaired) electrons. The molecule has 0 amide bonds. The van der Waals surface area contributed by atoms with E-state index in [1.807, 2.05) is 0 Å². The number of carbonyl (C=O) groups is 1. The van der Waals surface area contributed by atoms with Crippen molar-refractivity contribution in [2.45, 2.75) is 23.7 Å². The maximum absolute atomic E-state index is 12.5. The summed E-state index contributed by atoms with van der Waals surface area (Å²) in [6.45, 7) is -3.05. The van der Waals surface area contributed by atoms with Crippen molar-refractivity contribution in [2.75, 3.05) is 13.1 Å². The van der Waals surface area contributed by atoms with Crippen molar-refractivity contribution in [1.29, 1.82) is 0 Å². The lowest BCUT2D eigenvalue weighted by Crippen LogP contribution is -2.56. The summed E-state index contributed by atoms with van der Waals surface area (Å²) in [4.78, 5) is 15.6. The third-order valence-corrected chi connectivity index (χ3v) is 6.71. The van der Waals surface area contributed by atoms with E-state index in [1.54, 1.807) is 6.07 Å². The highest BCUT2D eigenvalue weighted by Gasteiger charge is 2.39. The number of hydrogen-bond acceptors (Lipinski definition) is 8. The van der Waals surface area contributed by atoms with Crippen LogP contribution in [0.4, 0.5) is 0 Å². The van der Waals surface area contributed by atoms with E-state index in [-0.39, 0.29) is 47.8 Å². The van der Waals surface area contributed by atoms with Gasteiger partial charge in [0, 0.05) is 12.4 Å². The summed E-state index contributed by atoms with van der Waals surface area (Å²) < 4.78 is 37.1. The van der Waals surface area contributed by atoms with Crippen molar-refractivity contribution in [3.63, 3.8) is 0 Å². The molecule has 3 N–H and O–H groups in total. The Hall–Kier alpha value is -2.67. The average Bonchev–Trinajstić information content (AvgIpc) is 2.63. The Morgan fingerprint density at radius 2 is 2.03 bits per heavy atom. The molecule has 0 unspecified atom stereocenters. The zero-order valence-electron chi connectivity index (χ0n) is 15.1. The SMILES string of the molecule is O=C(O)c1c(OC2CN(S(=O)(=O)c3cccnc3)C2)ccc2c1O[B-](O)(O)CC2. The van der Waals surface area contributed by atoms with Crippen molar-refractivity contribution >= 4 is 22.7 Å². The molecule has 0 spiro atoms. The molecule has 2 aromatic rings. The summed E-state index contributed by atoms with van der Waals surface area (Å²) in [6.07, 6.45) is 2.39. The highest BCUT2D eigenvalue weighted by atomic mass is 32.2. The molecule has 12 heteroatoms. The van der Waals surface area contributed by atoms with Crippen molar-refractivity contribution in [3.8, 4) is 11.5 Å². The van der Waals surface area contributed by atoms with Crippen molar-refractivity contribution in [3.05, 3.63) is 47.8 Å². The molecule has 2 aliphatic heterocycles. The Morgan fingerprint density at radius 3 is 2.69 bits per heavy atom. The van der Waals surface area contributed by atoms with Crippen LogP contribution in [0.3, 0.4) is 0 Å². The molecule has 0 saturated carbocycles. The highest BCUT2D eigenvalue weighted by molar-refractivity contribution is 7.89. The fourth-order valence-corrected chi connectivity index (χ4v) is 4.80. The lowest BCUT2D eigenvalue weighted by molar-refractivity contribution is 0.0630. The minimum absolute atomic E-state index is 0.0202. The van der Waals surface area contributed by atoms with E-state index in [2.05, 4.69) is 4.98 Å². The number of aryl methyl sites for hydroxylation is 1. The van der Waals surface area contributed by atoms with Crippen molar-refractivity contribution < 1.29 is 37.8 Å². The summed E-state index contributed by atoms with van der Waals surface area (Å²) in [5.74, 6) is -1.50. The Bertz CT molecular complexity index is 1050. The van der Waals surface area contributed by atoms with E-state index >= 15 is 0 Å². The Balaban J connectivity index is 1.52. The fourth-order valence-electron chi connectivity index (χ4n) is 3.33. The van der Waals surface area contributed by atoms with Crippen LogP contribution >= 0.6 is 0 Å². The molecule has 29 heavy (non-hydrogen) atoms. The molecule has 4 rings (SSSR count). The Labute approximate surface area is 166 Å². The standard InChI is InChI=1S/C17H18BN2O8S/c21-17(22)15-14(4-3-11-5-6-18(23,24)28-16(11)15)27-12-9-20(10-12)29(25,26)13-2-1-7-19-8-13/h1-4,7-8,12,23-24H,5-6,9-10H2,(H,21,22)/q-1. The van der Waals surface area contributed by atoms with Crippen molar-refractivity contribution in [2.24, 2.45) is 0 Å². The predicted octanol–water partition coefficient (Wildman–Crippen LogP) is 0.0901. The maximum Gasteiger partial charge on any atom is 0.430 e. The van der Waals surface area contributed by atoms with Gasteiger partial charge in [0.25, 0.3) is 0 Å². The normalized spacial score (nSPS) is 19.0. The second-order valence-corrected chi connectivity index (χ2v) is 8.94. The lowest BCUT2D eigenvalue weighted by Gasteiger charge is -2.39. The first-order chi connectivity index (χ1) is 13.7. The number of rotatable bonds is 5. The second kappa shape index (κ2) is 6.99. The minimum Gasteiger partial charge on any atom is -0.669 e. The van der Waals surface area contributed by atoms with Gasteiger partial charge in [0.2, 0.25) is 10.0 Å².